The Morgan fingerprint density at radius 3 is 2.31 bits per heavy atom. The number of hydrogen-bond acceptors (Lipinski definition) is 6. The van der Waals surface area contributed by atoms with Crippen LogP contribution in [0, 0.1) is 0 Å². The molecule has 0 aliphatic carbocycles. The predicted molar refractivity (Wildman–Crippen MR) is 116 cm³/mol. The van der Waals surface area contributed by atoms with E-state index in [1.807, 2.05) is 6.92 Å². The monoisotopic (exact) mass is 431 g/mol. The van der Waals surface area contributed by atoms with Crippen molar-refractivity contribution < 1.29 is 19.2 Å². The van der Waals surface area contributed by atoms with Crippen LogP contribution in [-0.2, 0) is 19.2 Å². The minimum Gasteiger partial charge on any atom is -0.354 e. The van der Waals surface area contributed by atoms with Gasteiger partial charge < -0.3 is 26.6 Å². The van der Waals surface area contributed by atoms with Crippen molar-refractivity contribution in [2.75, 3.05) is 32.4 Å². The number of nitrogens with two attached hydrogens (primary N) is 1. The van der Waals surface area contributed by atoms with Crippen molar-refractivity contribution in [3.05, 3.63) is 0 Å². The van der Waals surface area contributed by atoms with Gasteiger partial charge in [0.2, 0.25) is 23.6 Å². The number of carbonyl (C=O) groups excluding carboxylic acids is 4. The summed E-state index contributed by atoms with van der Waals surface area (Å²) in [5, 5.41) is 7.91. The summed E-state index contributed by atoms with van der Waals surface area (Å²) in [5.41, 5.74) is 5.81. The van der Waals surface area contributed by atoms with Crippen molar-refractivity contribution >= 4 is 36.3 Å². The molecule has 0 fully saturated rings. The summed E-state index contributed by atoms with van der Waals surface area (Å²) in [6.07, 6.45) is 3.63. The zero-order valence-electron chi connectivity index (χ0n) is 17.8. The average molecular weight is 432 g/mol. The van der Waals surface area contributed by atoms with Gasteiger partial charge in [0.05, 0.1) is 0 Å². The molecule has 2 unspecified atom stereocenters. The van der Waals surface area contributed by atoms with Gasteiger partial charge in [0.15, 0.2) is 0 Å². The zero-order chi connectivity index (χ0) is 22.2. The first-order chi connectivity index (χ1) is 13.8. The molecule has 0 aromatic rings. The van der Waals surface area contributed by atoms with Crippen molar-refractivity contribution in [3.63, 3.8) is 0 Å². The quantitative estimate of drug-likeness (QED) is 0.181. The molecular formula is C19H37N5O4S. The number of thiol groups is 1. The van der Waals surface area contributed by atoms with Crippen LogP contribution in [0.15, 0.2) is 0 Å². The van der Waals surface area contributed by atoms with Crippen molar-refractivity contribution in [1.29, 1.82) is 0 Å². The van der Waals surface area contributed by atoms with E-state index in [0.29, 0.717) is 44.5 Å². The second-order valence-corrected chi connectivity index (χ2v) is 7.32. The van der Waals surface area contributed by atoms with Crippen LogP contribution in [0.25, 0.3) is 0 Å². The van der Waals surface area contributed by atoms with Crippen LogP contribution in [0.5, 0.6) is 0 Å². The van der Waals surface area contributed by atoms with E-state index in [9.17, 15) is 19.2 Å². The predicted octanol–water partition coefficient (Wildman–Crippen LogP) is -0.200. The summed E-state index contributed by atoms with van der Waals surface area (Å²) in [6, 6.07) is -1.60. The minimum atomic E-state index is -0.931. The maximum Gasteiger partial charge on any atom is 0.242 e. The summed E-state index contributed by atoms with van der Waals surface area (Å²) in [7, 11) is 1.78. The average Bonchev–Trinajstić information content (AvgIpc) is 2.72. The van der Waals surface area contributed by atoms with Crippen LogP contribution in [0.3, 0.4) is 0 Å². The van der Waals surface area contributed by atoms with Gasteiger partial charge in [0, 0.05) is 45.3 Å². The Balaban J connectivity index is 4.05. The van der Waals surface area contributed by atoms with Crippen molar-refractivity contribution in [1.82, 2.24) is 20.9 Å². The van der Waals surface area contributed by atoms with Gasteiger partial charge in [-0.25, -0.2) is 0 Å². The van der Waals surface area contributed by atoms with E-state index in [4.69, 9.17) is 5.73 Å². The number of unbranched alkanes of at least 4 members (excludes halogenated alkanes) is 2. The Morgan fingerprint density at radius 2 is 1.72 bits per heavy atom. The van der Waals surface area contributed by atoms with E-state index < -0.39 is 18.0 Å². The first-order valence-electron chi connectivity index (χ1n) is 10.2. The van der Waals surface area contributed by atoms with E-state index >= 15 is 0 Å². The Hall–Kier alpha value is -1.81. The van der Waals surface area contributed by atoms with E-state index in [-0.39, 0.29) is 24.3 Å². The van der Waals surface area contributed by atoms with Gasteiger partial charge >= 0.3 is 0 Å². The van der Waals surface area contributed by atoms with Gasteiger partial charge in [0.1, 0.15) is 12.1 Å². The lowest BCUT2D eigenvalue weighted by atomic mass is 10.1. The van der Waals surface area contributed by atoms with Gasteiger partial charge in [-0.3, -0.25) is 19.2 Å². The van der Waals surface area contributed by atoms with E-state index in [1.165, 1.54) is 0 Å². The van der Waals surface area contributed by atoms with Gasteiger partial charge in [0.25, 0.3) is 0 Å². The molecule has 168 valence electrons. The third kappa shape index (κ3) is 12.4. The van der Waals surface area contributed by atoms with Crippen LogP contribution in [0.4, 0.5) is 0 Å². The molecule has 0 aliphatic heterocycles. The second kappa shape index (κ2) is 16.0. The fourth-order valence-corrected chi connectivity index (χ4v) is 2.66. The molecule has 4 amide bonds. The molecule has 0 aromatic carbocycles. The third-order valence-corrected chi connectivity index (χ3v) is 4.66. The van der Waals surface area contributed by atoms with Crippen molar-refractivity contribution in [2.24, 2.45) is 5.73 Å². The number of amides is 4. The summed E-state index contributed by atoms with van der Waals surface area (Å²) in [6.45, 7) is 4.72. The summed E-state index contributed by atoms with van der Waals surface area (Å²) < 4.78 is 0. The highest BCUT2D eigenvalue weighted by molar-refractivity contribution is 7.80. The molecule has 0 spiro atoms. The molecule has 0 bridgehead atoms. The van der Waals surface area contributed by atoms with Crippen LogP contribution in [0.2, 0.25) is 0 Å². The molecule has 0 saturated heterocycles. The maximum absolute atomic E-state index is 12.1. The highest BCUT2D eigenvalue weighted by atomic mass is 32.1. The van der Waals surface area contributed by atoms with E-state index in [1.54, 1.807) is 18.9 Å². The fourth-order valence-electron chi connectivity index (χ4n) is 2.54. The Morgan fingerprint density at radius 1 is 1.03 bits per heavy atom. The highest BCUT2D eigenvalue weighted by Crippen LogP contribution is 2.02. The van der Waals surface area contributed by atoms with Crippen molar-refractivity contribution in [2.45, 2.75) is 64.5 Å². The third-order valence-electron chi connectivity index (χ3n) is 4.43. The molecule has 5 N–H and O–H groups in total. The summed E-state index contributed by atoms with van der Waals surface area (Å²) >= 11 is 4.02. The summed E-state index contributed by atoms with van der Waals surface area (Å²) in [4.78, 5) is 49.1. The molecular weight excluding hydrogens is 394 g/mol. The molecule has 2 atom stereocenters. The van der Waals surface area contributed by atoms with Gasteiger partial charge in [-0.2, -0.15) is 12.6 Å². The van der Waals surface area contributed by atoms with Crippen molar-refractivity contribution in [3.8, 4) is 0 Å². The Bertz CT molecular complexity index is 533. The zero-order valence-corrected chi connectivity index (χ0v) is 18.7. The topological polar surface area (TPSA) is 134 Å². The standard InChI is InChI=1S/C19H37N5O4S/c1-4-15(19(28)21-10-12-29)23-18(27)14(20)13-22-16(25)9-7-6-8-11-24(3)17(26)5-2/h14-15,29H,4-13,20H2,1-3H3,(H,21,28)(H,22,25)(H,23,27). The molecule has 0 heterocycles. The lowest BCUT2D eigenvalue weighted by molar-refractivity contribution is -0.130. The second-order valence-electron chi connectivity index (χ2n) is 6.87. The van der Waals surface area contributed by atoms with Crippen LogP contribution in [-0.4, -0.2) is 73.0 Å². The van der Waals surface area contributed by atoms with Gasteiger partial charge in [-0.15, -0.1) is 0 Å². The lowest BCUT2D eigenvalue weighted by Gasteiger charge is -2.19. The molecule has 9 nitrogen and oxygen atoms in total. The normalized spacial score (nSPS) is 12.6. The first kappa shape index (κ1) is 27.2. The first-order valence-corrected chi connectivity index (χ1v) is 10.8. The molecule has 0 saturated carbocycles. The lowest BCUT2D eigenvalue weighted by Crippen LogP contribution is -2.54. The minimum absolute atomic E-state index is 0.00704. The van der Waals surface area contributed by atoms with Gasteiger partial charge in [-0.1, -0.05) is 20.3 Å². The number of nitrogens with one attached hydrogen (secondary N) is 3. The summed E-state index contributed by atoms with van der Waals surface area (Å²) in [5.74, 6) is -0.321. The Kier molecular flexibility index (Phi) is 15.0. The molecule has 0 rings (SSSR count). The number of rotatable bonds is 15. The van der Waals surface area contributed by atoms with Crippen LogP contribution < -0.4 is 21.7 Å². The highest BCUT2D eigenvalue weighted by Gasteiger charge is 2.22. The fraction of sp³-hybridized carbons (Fsp3) is 0.789. The van der Waals surface area contributed by atoms with Crippen LogP contribution >= 0.6 is 12.6 Å². The molecule has 0 aliphatic rings. The molecule has 0 aromatic heterocycles. The number of nitrogens with zero attached hydrogens (tertiary/aromatic N) is 1. The van der Waals surface area contributed by atoms with Gasteiger partial charge in [-0.05, 0) is 19.3 Å². The van der Waals surface area contributed by atoms with E-state index in [0.717, 1.165) is 12.8 Å². The van der Waals surface area contributed by atoms with Crippen LogP contribution in [0.1, 0.15) is 52.4 Å². The SMILES string of the molecule is CCC(=O)N(C)CCCCCC(=O)NCC(N)C(=O)NC(CC)C(=O)NCCS. The maximum atomic E-state index is 12.1. The number of carbonyl (C=O) groups is 4. The van der Waals surface area contributed by atoms with E-state index in [2.05, 4.69) is 28.6 Å². The smallest absolute Gasteiger partial charge is 0.242 e. The Labute approximate surface area is 179 Å². The molecule has 10 heteroatoms. The number of hydrogen-bond donors (Lipinski definition) is 5. The molecule has 0 radical (unpaired) electrons. The largest absolute Gasteiger partial charge is 0.354 e. The molecule has 29 heavy (non-hydrogen) atoms.